The van der Waals surface area contributed by atoms with Gasteiger partial charge in [0.1, 0.15) is 5.69 Å². The van der Waals surface area contributed by atoms with Gasteiger partial charge in [0.05, 0.1) is 5.69 Å². The normalized spacial score (nSPS) is 10.3. The van der Waals surface area contributed by atoms with Gasteiger partial charge in [-0.1, -0.05) is 28.1 Å². The van der Waals surface area contributed by atoms with Crippen LogP contribution in [0.3, 0.4) is 0 Å². The largest absolute Gasteiger partial charge is 0.350 e. The number of benzene rings is 1. The summed E-state index contributed by atoms with van der Waals surface area (Å²) < 4.78 is 1.01. The van der Waals surface area contributed by atoms with Gasteiger partial charge in [-0.15, -0.1) is 0 Å². The minimum absolute atomic E-state index is 0.167. The van der Waals surface area contributed by atoms with Gasteiger partial charge in [-0.05, 0) is 18.2 Å². The standard InChI is InChI=1S/C12H12BrN3OS/c13-9-3-1-8(2-4-9)10-7-11(16-15-10)12(17)14-5-6-18/h1-4,7,18H,5-6H2,(H,14,17)(H,15,16). The Morgan fingerprint density at radius 3 is 2.78 bits per heavy atom. The zero-order valence-electron chi connectivity index (χ0n) is 9.48. The molecule has 1 amide bonds. The molecule has 0 aliphatic carbocycles. The van der Waals surface area contributed by atoms with E-state index >= 15 is 0 Å². The number of hydrogen-bond acceptors (Lipinski definition) is 3. The van der Waals surface area contributed by atoms with E-state index in [-0.39, 0.29) is 5.91 Å². The Bertz CT molecular complexity index is 539. The van der Waals surface area contributed by atoms with Crippen molar-refractivity contribution in [1.82, 2.24) is 15.5 Å². The van der Waals surface area contributed by atoms with Gasteiger partial charge in [0.15, 0.2) is 0 Å². The van der Waals surface area contributed by atoms with Crippen LogP contribution in [0, 0.1) is 0 Å². The Hall–Kier alpha value is -1.27. The lowest BCUT2D eigenvalue weighted by Crippen LogP contribution is -2.25. The lowest BCUT2D eigenvalue weighted by Gasteiger charge is -1.98. The van der Waals surface area contributed by atoms with E-state index in [1.54, 1.807) is 6.07 Å². The smallest absolute Gasteiger partial charge is 0.269 e. The molecule has 2 rings (SSSR count). The molecule has 0 atom stereocenters. The number of hydrogen-bond donors (Lipinski definition) is 3. The van der Waals surface area contributed by atoms with Gasteiger partial charge in [-0.2, -0.15) is 17.7 Å². The first-order chi connectivity index (χ1) is 8.70. The third-order valence-corrected chi connectivity index (χ3v) is 3.11. The van der Waals surface area contributed by atoms with Crippen LogP contribution in [0.4, 0.5) is 0 Å². The summed E-state index contributed by atoms with van der Waals surface area (Å²) in [5, 5.41) is 9.58. The molecule has 6 heteroatoms. The zero-order chi connectivity index (χ0) is 13.0. The van der Waals surface area contributed by atoms with Crippen molar-refractivity contribution in [3.63, 3.8) is 0 Å². The van der Waals surface area contributed by atoms with Crippen LogP contribution in [0.25, 0.3) is 11.3 Å². The number of amides is 1. The van der Waals surface area contributed by atoms with E-state index in [2.05, 4.69) is 44.1 Å². The summed E-state index contributed by atoms with van der Waals surface area (Å²) in [6.07, 6.45) is 0. The van der Waals surface area contributed by atoms with E-state index < -0.39 is 0 Å². The number of carbonyl (C=O) groups excluding carboxylic acids is 1. The second-order valence-electron chi connectivity index (χ2n) is 3.65. The average molecular weight is 326 g/mol. The van der Waals surface area contributed by atoms with Gasteiger partial charge < -0.3 is 5.32 Å². The second kappa shape index (κ2) is 6.06. The molecule has 0 aliphatic heterocycles. The highest BCUT2D eigenvalue weighted by Crippen LogP contribution is 2.20. The van der Waals surface area contributed by atoms with Crippen LogP contribution in [0.1, 0.15) is 10.5 Å². The Morgan fingerprint density at radius 2 is 2.11 bits per heavy atom. The number of aromatic nitrogens is 2. The summed E-state index contributed by atoms with van der Waals surface area (Å²) in [5.74, 6) is 0.444. The molecule has 94 valence electrons. The number of H-pyrrole nitrogens is 1. The molecule has 18 heavy (non-hydrogen) atoms. The van der Waals surface area contributed by atoms with Crippen molar-refractivity contribution in [2.45, 2.75) is 0 Å². The lowest BCUT2D eigenvalue weighted by atomic mass is 10.1. The maximum Gasteiger partial charge on any atom is 0.269 e. The molecule has 2 N–H and O–H groups in total. The predicted molar refractivity (Wildman–Crippen MR) is 77.9 cm³/mol. The van der Waals surface area contributed by atoms with Gasteiger partial charge in [0, 0.05) is 22.3 Å². The monoisotopic (exact) mass is 325 g/mol. The summed E-state index contributed by atoms with van der Waals surface area (Å²) >= 11 is 7.41. The number of nitrogens with one attached hydrogen (secondary N) is 2. The molecule has 1 heterocycles. The Kier molecular flexibility index (Phi) is 4.43. The van der Waals surface area contributed by atoms with Crippen LogP contribution in [0.2, 0.25) is 0 Å². The van der Waals surface area contributed by atoms with E-state index in [1.807, 2.05) is 24.3 Å². The van der Waals surface area contributed by atoms with Gasteiger partial charge in [0.2, 0.25) is 0 Å². The minimum atomic E-state index is -0.167. The van der Waals surface area contributed by atoms with Crippen molar-refractivity contribution in [2.24, 2.45) is 0 Å². The van der Waals surface area contributed by atoms with E-state index in [9.17, 15) is 4.79 Å². The summed E-state index contributed by atoms with van der Waals surface area (Å²) in [7, 11) is 0. The number of rotatable bonds is 4. The highest BCUT2D eigenvalue weighted by molar-refractivity contribution is 9.10. The third kappa shape index (κ3) is 3.14. The molecule has 0 saturated heterocycles. The molecule has 4 nitrogen and oxygen atoms in total. The molecular formula is C12H12BrN3OS. The van der Waals surface area contributed by atoms with E-state index in [1.165, 1.54) is 0 Å². The summed E-state index contributed by atoms with van der Waals surface area (Å²) in [5.41, 5.74) is 2.16. The van der Waals surface area contributed by atoms with Crippen LogP contribution < -0.4 is 5.32 Å². The Balaban J connectivity index is 2.15. The SMILES string of the molecule is O=C(NCCS)c1cc(-c2ccc(Br)cc2)n[nH]1. The molecule has 0 spiro atoms. The number of halogens is 1. The predicted octanol–water partition coefficient (Wildman–Crippen LogP) is 2.50. The number of aromatic amines is 1. The summed E-state index contributed by atoms with van der Waals surface area (Å²) in [4.78, 5) is 11.7. The maximum absolute atomic E-state index is 11.7. The van der Waals surface area contributed by atoms with Crippen molar-refractivity contribution < 1.29 is 4.79 Å². The molecule has 0 unspecified atom stereocenters. The fraction of sp³-hybridized carbons (Fsp3) is 0.167. The highest BCUT2D eigenvalue weighted by Gasteiger charge is 2.10. The maximum atomic E-state index is 11.7. The molecule has 0 radical (unpaired) electrons. The Labute approximate surface area is 119 Å². The lowest BCUT2D eigenvalue weighted by molar-refractivity contribution is 0.0951. The molecule has 1 aromatic heterocycles. The summed E-state index contributed by atoms with van der Waals surface area (Å²) in [6, 6.07) is 9.48. The van der Waals surface area contributed by atoms with Gasteiger partial charge >= 0.3 is 0 Å². The van der Waals surface area contributed by atoms with Crippen LogP contribution in [-0.4, -0.2) is 28.4 Å². The number of carbonyl (C=O) groups is 1. The fourth-order valence-electron chi connectivity index (χ4n) is 1.47. The zero-order valence-corrected chi connectivity index (χ0v) is 12.0. The van der Waals surface area contributed by atoms with Crippen LogP contribution >= 0.6 is 28.6 Å². The van der Waals surface area contributed by atoms with Gasteiger partial charge in [-0.25, -0.2) is 0 Å². The van der Waals surface area contributed by atoms with Crippen molar-refractivity contribution in [3.05, 3.63) is 40.5 Å². The van der Waals surface area contributed by atoms with Crippen LogP contribution in [0.15, 0.2) is 34.8 Å². The Morgan fingerprint density at radius 1 is 1.39 bits per heavy atom. The molecule has 0 aliphatic rings. The van der Waals surface area contributed by atoms with E-state index in [0.717, 1.165) is 15.7 Å². The van der Waals surface area contributed by atoms with Crippen molar-refractivity contribution in [1.29, 1.82) is 0 Å². The van der Waals surface area contributed by atoms with Crippen LogP contribution in [-0.2, 0) is 0 Å². The van der Waals surface area contributed by atoms with Crippen molar-refractivity contribution in [3.8, 4) is 11.3 Å². The topological polar surface area (TPSA) is 57.8 Å². The molecular weight excluding hydrogens is 314 g/mol. The minimum Gasteiger partial charge on any atom is -0.350 e. The van der Waals surface area contributed by atoms with Crippen molar-refractivity contribution in [2.75, 3.05) is 12.3 Å². The first-order valence-electron chi connectivity index (χ1n) is 5.41. The quantitative estimate of drug-likeness (QED) is 0.756. The van der Waals surface area contributed by atoms with Gasteiger partial charge in [0.25, 0.3) is 5.91 Å². The first kappa shape index (κ1) is 13.2. The second-order valence-corrected chi connectivity index (χ2v) is 5.02. The van der Waals surface area contributed by atoms with Crippen molar-refractivity contribution >= 4 is 34.5 Å². The van der Waals surface area contributed by atoms with E-state index in [4.69, 9.17) is 0 Å². The fourth-order valence-corrected chi connectivity index (χ4v) is 1.85. The third-order valence-electron chi connectivity index (χ3n) is 2.36. The molecule has 0 bridgehead atoms. The molecule has 0 saturated carbocycles. The average Bonchev–Trinajstić information content (AvgIpc) is 2.86. The molecule has 2 aromatic rings. The first-order valence-corrected chi connectivity index (χ1v) is 6.83. The van der Waals surface area contributed by atoms with Crippen LogP contribution in [0.5, 0.6) is 0 Å². The molecule has 0 fully saturated rings. The summed E-state index contributed by atoms with van der Waals surface area (Å²) in [6.45, 7) is 0.536. The molecule has 1 aromatic carbocycles. The number of nitrogens with zero attached hydrogens (tertiary/aromatic N) is 1. The van der Waals surface area contributed by atoms with E-state index in [0.29, 0.717) is 18.0 Å². The highest BCUT2D eigenvalue weighted by atomic mass is 79.9. The number of thiol groups is 1. The van der Waals surface area contributed by atoms with Gasteiger partial charge in [-0.3, -0.25) is 9.89 Å².